The zero-order valence-electron chi connectivity index (χ0n) is 10.6. The topological polar surface area (TPSA) is 29.0 Å². The van der Waals surface area contributed by atoms with E-state index in [-0.39, 0.29) is 0 Å². The molecule has 0 saturated heterocycles. The number of anilines is 1. The SMILES string of the molecule is CC1CCCCC1N(C)c1cnc(CCl)cn1. The second kappa shape index (κ2) is 5.67. The Morgan fingerprint density at radius 3 is 2.65 bits per heavy atom. The van der Waals surface area contributed by atoms with Gasteiger partial charge in [0.05, 0.1) is 24.0 Å². The number of aromatic nitrogens is 2. The molecule has 4 heteroatoms. The lowest BCUT2D eigenvalue weighted by atomic mass is 9.85. The van der Waals surface area contributed by atoms with Gasteiger partial charge in [0.2, 0.25) is 0 Å². The van der Waals surface area contributed by atoms with Crippen LogP contribution in [0.4, 0.5) is 5.82 Å². The Balaban J connectivity index is 2.09. The van der Waals surface area contributed by atoms with Crippen molar-refractivity contribution in [2.24, 2.45) is 5.92 Å². The Labute approximate surface area is 108 Å². The van der Waals surface area contributed by atoms with Gasteiger partial charge in [-0.05, 0) is 18.8 Å². The Morgan fingerprint density at radius 1 is 1.29 bits per heavy atom. The van der Waals surface area contributed by atoms with Crippen LogP contribution in [-0.2, 0) is 5.88 Å². The molecule has 3 nitrogen and oxygen atoms in total. The monoisotopic (exact) mass is 253 g/mol. The van der Waals surface area contributed by atoms with Crippen molar-refractivity contribution < 1.29 is 0 Å². The van der Waals surface area contributed by atoms with Gasteiger partial charge in [0, 0.05) is 13.1 Å². The molecule has 1 aliphatic carbocycles. The molecule has 1 saturated carbocycles. The molecule has 2 atom stereocenters. The highest BCUT2D eigenvalue weighted by atomic mass is 35.5. The third-order valence-corrected chi connectivity index (χ3v) is 4.03. The van der Waals surface area contributed by atoms with Crippen molar-refractivity contribution in [3.63, 3.8) is 0 Å². The molecule has 0 spiro atoms. The number of rotatable bonds is 3. The molecule has 1 aliphatic rings. The third-order valence-electron chi connectivity index (χ3n) is 3.75. The van der Waals surface area contributed by atoms with E-state index in [1.54, 1.807) is 6.20 Å². The van der Waals surface area contributed by atoms with Crippen molar-refractivity contribution in [3.05, 3.63) is 18.1 Å². The van der Waals surface area contributed by atoms with E-state index < -0.39 is 0 Å². The van der Waals surface area contributed by atoms with Crippen molar-refractivity contribution in [1.82, 2.24) is 9.97 Å². The molecule has 0 aromatic carbocycles. The fraction of sp³-hybridized carbons (Fsp3) is 0.692. The average molecular weight is 254 g/mol. The highest BCUT2D eigenvalue weighted by Crippen LogP contribution is 2.29. The summed E-state index contributed by atoms with van der Waals surface area (Å²) in [5, 5.41) is 0. The number of halogens is 1. The van der Waals surface area contributed by atoms with E-state index in [0.29, 0.717) is 11.9 Å². The summed E-state index contributed by atoms with van der Waals surface area (Å²) in [6.45, 7) is 2.33. The Morgan fingerprint density at radius 2 is 2.06 bits per heavy atom. The lowest BCUT2D eigenvalue weighted by Gasteiger charge is -2.36. The Hall–Kier alpha value is -0.830. The first-order valence-corrected chi connectivity index (χ1v) is 6.85. The molecule has 0 N–H and O–H groups in total. The summed E-state index contributed by atoms with van der Waals surface area (Å²) in [5.74, 6) is 2.12. The van der Waals surface area contributed by atoms with Gasteiger partial charge in [-0.2, -0.15) is 0 Å². The number of hydrogen-bond acceptors (Lipinski definition) is 3. The highest BCUT2D eigenvalue weighted by Gasteiger charge is 2.25. The lowest BCUT2D eigenvalue weighted by Crippen LogP contribution is -2.39. The maximum absolute atomic E-state index is 5.71. The van der Waals surface area contributed by atoms with E-state index in [1.807, 2.05) is 6.20 Å². The molecule has 1 aromatic heterocycles. The summed E-state index contributed by atoms with van der Waals surface area (Å²) < 4.78 is 0. The normalized spacial score (nSPS) is 24.6. The van der Waals surface area contributed by atoms with Crippen molar-refractivity contribution >= 4 is 17.4 Å². The van der Waals surface area contributed by atoms with E-state index in [2.05, 4.69) is 28.8 Å². The fourth-order valence-corrected chi connectivity index (χ4v) is 2.78. The number of hydrogen-bond donors (Lipinski definition) is 0. The summed E-state index contributed by atoms with van der Waals surface area (Å²) in [6.07, 6.45) is 8.87. The van der Waals surface area contributed by atoms with Crippen LogP contribution in [0.3, 0.4) is 0 Å². The van der Waals surface area contributed by atoms with Crippen LogP contribution in [-0.4, -0.2) is 23.1 Å². The molecule has 0 bridgehead atoms. The molecule has 1 aromatic rings. The zero-order chi connectivity index (χ0) is 12.3. The van der Waals surface area contributed by atoms with Crippen LogP contribution >= 0.6 is 11.6 Å². The maximum atomic E-state index is 5.71. The molecule has 1 fully saturated rings. The minimum atomic E-state index is 0.427. The summed E-state index contributed by atoms with van der Waals surface area (Å²) in [7, 11) is 2.12. The van der Waals surface area contributed by atoms with Crippen molar-refractivity contribution in [1.29, 1.82) is 0 Å². The standard InChI is InChI=1S/C13H20ClN3/c1-10-5-3-4-6-12(10)17(2)13-9-15-11(7-14)8-16-13/h8-10,12H,3-7H2,1-2H3. The average Bonchev–Trinajstić information content (AvgIpc) is 2.39. The third kappa shape index (κ3) is 2.89. The molecule has 2 unspecified atom stereocenters. The largest absolute Gasteiger partial charge is 0.355 e. The minimum absolute atomic E-state index is 0.427. The minimum Gasteiger partial charge on any atom is -0.355 e. The quantitative estimate of drug-likeness (QED) is 0.775. The first kappa shape index (κ1) is 12.6. The van der Waals surface area contributed by atoms with Gasteiger partial charge in [-0.3, -0.25) is 4.98 Å². The van der Waals surface area contributed by atoms with Crippen LogP contribution in [0.5, 0.6) is 0 Å². The summed E-state index contributed by atoms with van der Waals surface area (Å²) in [4.78, 5) is 11.0. The molecule has 2 rings (SSSR count). The lowest BCUT2D eigenvalue weighted by molar-refractivity contribution is 0.320. The predicted octanol–water partition coefficient (Wildman–Crippen LogP) is 3.23. The van der Waals surface area contributed by atoms with Gasteiger partial charge < -0.3 is 4.90 Å². The summed E-state index contributed by atoms with van der Waals surface area (Å²) >= 11 is 5.71. The Bertz CT molecular complexity index is 352. The molecule has 94 valence electrons. The molecule has 0 amide bonds. The summed E-state index contributed by atoms with van der Waals surface area (Å²) in [5.41, 5.74) is 0.834. The Kier molecular flexibility index (Phi) is 4.21. The fourth-order valence-electron chi connectivity index (χ4n) is 2.64. The molecular formula is C13H20ClN3. The highest BCUT2D eigenvalue weighted by molar-refractivity contribution is 6.16. The van der Waals surface area contributed by atoms with Crippen LogP contribution in [0.2, 0.25) is 0 Å². The van der Waals surface area contributed by atoms with Crippen LogP contribution < -0.4 is 4.90 Å². The van der Waals surface area contributed by atoms with Gasteiger partial charge >= 0.3 is 0 Å². The van der Waals surface area contributed by atoms with Crippen molar-refractivity contribution in [3.8, 4) is 0 Å². The van der Waals surface area contributed by atoms with Gasteiger partial charge in [0.1, 0.15) is 5.82 Å². The second-order valence-electron chi connectivity index (χ2n) is 4.94. The van der Waals surface area contributed by atoms with E-state index in [1.165, 1.54) is 25.7 Å². The summed E-state index contributed by atoms with van der Waals surface area (Å²) in [6, 6.07) is 0.597. The van der Waals surface area contributed by atoms with E-state index in [9.17, 15) is 0 Å². The molecule has 0 radical (unpaired) electrons. The van der Waals surface area contributed by atoms with Crippen molar-refractivity contribution in [2.45, 2.75) is 44.5 Å². The van der Waals surface area contributed by atoms with Gasteiger partial charge in [-0.15, -0.1) is 11.6 Å². The van der Waals surface area contributed by atoms with E-state index in [0.717, 1.165) is 17.4 Å². The van der Waals surface area contributed by atoms with Gasteiger partial charge in [0.25, 0.3) is 0 Å². The van der Waals surface area contributed by atoms with Crippen LogP contribution in [0, 0.1) is 5.92 Å². The first-order chi connectivity index (χ1) is 8.22. The molecule has 17 heavy (non-hydrogen) atoms. The van der Waals surface area contributed by atoms with Crippen LogP contribution in [0.1, 0.15) is 38.3 Å². The van der Waals surface area contributed by atoms with Crippen LogP contribution in [0.15, 0.2) is 12.4 Å². The second-order valence-corrected chi connectivity index (χ2v) is 5.21. The maximum Gasteiger partial charge on any atom is 0.147 e. The smallest absolute Gasteiger partial charge is 0.147 e. The van der Waals surface area contributed by atoms with Crippen LogP contribution in [0.25, 0.3) is 0 Å². The number of nitrogens with zero attached hydrogens (tertiary/aromatic N) is 3. The first-order valence-electron chi connectivity index (χ1n) is 6.32. The predicted molar refractivity (Wildman–Crippen MR) is 71.4 cm³/mol. The molecular weight excluding hydrogens is 234 g/mol. The van der Waals surface area contributed by atoms with Gasteiger partial charge in [0.15, 0.2) is 0 Å². The van der Waals surface area contributed by atoms with E-state index >= 15 is 0 Å². The molecule has 0 aliphatic heterocycles. The van der Waals surface area contributed by atoms with Gasteiger partial charge in [-0.25, -0.2) is 4.98 Å². The molecule has 1 heterocycles. The van der Waals surface area contributed by atoms with Gasteiger partial charge in [-0.1, -0.05) is 19.8 Å². The zero-order valence-corrected chi connectivity index (χ0v) is 11.3. The van der Waals surface area contributed by atoms with E-state index in [4.69, 9.17) is 11.6 Å². The number of alkyl halides is 1. The van der Waals surface area contributed by atoms with Crippen molar-refractivity contribution in [2.75, 3.05) is 11.9 Å².